The van der Waals surface area contributed by atoms with E-state index < -0.39 is 5.82 Å². The van der Waals surface area contributed by atoms with Gasteiger partial charge in [-0.15, -0.1) is 0 Å². The molecule has 0 unspecified atom stereocenters. The highest BCUT2D eigenvalue weighted by molar-refractivity contribution is 5.77. The fraction of sp³-hybridized carbons (Fsp3) is 0.500. The van der Waals surface area contributed by atoms with E-state index in [-0.39, 0.29) is 18.5 Å². The maximum atomic E-state index is 13.4. The molecule has 2 rings (SSSR count). The number of hydrogen-bond donors (Lipinski definition) is 0. The molecule has 4 heteroatoms. The number of benzene rings is 1. The lowest BCUT2D eigenvalue weighted by Crippen LogP contribution is -2.31. The lowest BCUT2D eigenvalue weighted by Gasteiger charge is -2.32. The highest BCUT2D eigenvalue weighted by Crippen LogP contribution is 2.32. The van der Waals surface area contributed by atoms with E-state index in [1.165, 1.54) is 19.1 Å². The molecule has 1 aliphatic carbocycles. The molecule has 18 heavy (non-hydrogen) atoms. The van der Waals surface area contributed by atoms with Gasteiger partial charge in [-0.1, -0.05) is 6.92 Å². The number of ketones is 1. The van der Waals surface area contributed by atoms with Crippen LogP contribution in [0.15, 0.2) is 18.2 Å². The molecule has 1 aromatic carbocycles. The second-order valence-corrected chi connectivity index (χ2v) is 4.93. The van der Waals surface area contributed by atoms with Crippen molar-refractivity contribution in [2.24, 2.45) is 5.92 Å². The number of carbonyl (C=O) groups is 1. The molecule has 1 aromatic rings. The first-order valence-corrected chi connectivity index (χ1v) is 6.12. The van der Waals surface area contributed by atoms with Gasteiger partial charge in [0.15, 0.2) is 5.78 Å². The van der Waals surface area contributed by atoms with Crippen molar-refractivity contribution < 1.29 is 18.7 Å². The van der Waals surface area contributed by atoms with E-state index >= 15 is 0 Å². The van der Waals surface area contributed by atoms with Crippen LogP contribution in [0.5, 0.6) is 11.5 Å². The lowest BCUT2D eigenvalue weighted by molar-refractivity contribution is -0.118. The SMILES string of the molecule is CC(=O)COc1cc(F)cc(OC2CC(C)C2)c1. The van der Waals surface area contributed by atoms with E-state index in [4.69, 9.17) is 9.47 Å². The molecule has 1 saturated carbocycles. The topological polar surface area (TPSA) is 35.5 Å². The second-order valence-electron chi connectivity index (χ2n) is 4.93. The van der Waals surface area contributed by atoms with Crippen LogP contribution >= 0.6 is 0 Å². The molecule has 0 saturated heterocycles. The second kappa shape index (κ2) is 5.38. The Morgan fingerprint density at radius 1 is 1.33 bits per heavy atom. The van der Waals surface area contributed by atoms with Crippen molar-refractivity contribution in [3.8, 4) is 11.5 Å². The number of hydrogen-bond acceptors (Lipinski definition) is 3. The molecule has 3 nitrogen and oxygen atoms in total. The predicted octanol–water partition coefficient (Wildman–Crippen LogP) is 2.97. The molecule has 0 radical (unpaired) electrons. The predicted molar refractivity (Wildman–Crippen MR) is 65.4 cm³/mol. The number of Topliss-reactive ketones (excluding diaryl/α,β-unsaturated/α-hetero) is 1. The van der Waals surface area contributed by atoms with Crippen LogP contribution in [0.3, 0.4) is 0 Å². The quantitative estimate of drug-likeness (QED) is 0.808. The van der Waals surface area contributed by atoms with E-state index in [1.807, 2.05) is 0 Å². The molecule has 0 aromatic heterocycles. The van der Waals surface area contributed by atoms with Crippen molar-refractivity contribution in [2.75, 3.05) is 6.61 Å². The van der Waals surface area contributed by atoms with Crippen LogP contribution in [-0.2, 0) is 4.79 Å². The summed E-state index contributed by atoms with van der Waals surface area (Å²) in [5.41, 5.74) is 0. The largest absolute Gasteiger partial charge is 0.490 e. The van der Waals surface area contributed by atoms with Crippen LogP contribution in [0.4, 0.5) is 4.39 Å². The highest BCUT2D eigenvalue weighted by atomic mass is 19.1. The van der Waals surface area contributed by atoms with Gasteiger partial charge in [0.05, 0.1) is 6.10 Å². The van der Waals surface area contributed by atoms with Gasteiger partial charge < -0.3 is 9.47 Å². The van der Waals surface area contributed by atoms with Gasteiger partial charge in [-0.2, -0.15) is 0 Å². The van der Waals surface area contributed by atoms with Gasteiger partial charge in [0.25, 0.3) is 0 Å². The highest BCUT2D eigenvalue weighted by Gasteiger charge is 2.27. The first-order valence-electron chi connectivity index (χ1n) is 6.12. The monoisotopic (exact) mass is 252 g/mol. The average Bonchev–Trinajstić information content (AvgIpc) is 2.23. The summed E-state index contributed by atoms with van der Waals surface area (Å²) in [5.74, 6) is 0.947. The van der Waals surface area contributed by atoms with E-state index in [0.717, 1.165) is 12.8 Å². The van der Waals surface area contributed by atoms with Crippen molar-refractivity contribution >= 4 is 5.78 Å². The summed E-state index contributed by atoms with van der Waals surface area (Å²) < 4.78 is 24.2. The molecule has 0 N–H and O–H groups in total. The Labute approximate surface area is 106 Å². The smallest absolute Gasteiger partial charge is 0.167 e. The standard InChI is InChI=1S/C14H17FO3/c1-9-3-13(4-9)18-14-6-11(15)5-12(7-14)17-8-10(2)16/h5-7,9,13H,3-4,8H2,1-2H3. The van der Waals surface area contributed by atoms with Crippen LogP contribution in [-0.4, -0.2) is 18.5 Å². The van der Waals surface area contributed by atoms with E-state index in [0.29, 0.717) is 17.4 Å². The third kappa shape index (κ3) is 3.45. The molecule has 1 fully saturated rings. The number of carbonyl (C=O) groups excluding carboxylic acids is 1. The minimum atomic E-state index is -0.418. The van der Waals surface area contributed by atoms with E-state index in [9.17, 15) is 9.18 Å². The molecular formula is C14H17FO3. The van der Waals surface area contributed by atoms with Crippen molar-refractivity contribution in [1.82, 2.24) is 0 Å². The Hall–Kier alpha value is -1.58. The van der Waals surface area contributed by atoms with Gasteiger partial charge in [-0.3, -0.25) is 4.79 Å². The number of rotatable bonds is 5. The molecule has 0 heterocycles. The van der Waals surface area contributed by atoms with Gasteiger partial charge >= 0.3 is 0 Å². The molecule has 0 spiro atoms. The molecule has 98 valence electrons. The van der Waals surface area contributed by atoms with Gasteiger partial charge in [-0.05, 0) is 25.7 Å². The van der Waals surface area contributed by atoms with Crippen LogP contribution < -0.4 is 9.47 Å². The molecule has 0 atom stereocenters. The Balaban J connectivity index is 1.99. The van der Waals surface area contributed by atoms with Crippen molar-refractivity contribution in [3.63, 3.8) is 0 Å². The van der Waals surface area contributed by atoms with Crippen molar-refractivity contribution in [1.29, 1.82) is 0 Å². The van der Waals surface area contributed by atoms with Crippen LogP contribution in [0, 0.1) is 11.7 Å². The van der Waals surface area contributed by atoms with Crippen molar-refractivity contribution in [3.05, 3.63) is 24.0 Å². The van der Waals surface area contributed by atoms with Gasteiger partial charge in [-0.25, -0.2) is 4.39 Å². The minimum absolute atomic E-state index is 0.0522. The van der Waals surface area contributed by atoms with Crippen LogP contribution in [0.25, 0.3) is 0 Å². The maximum Gasteiger partial charge on any atom is 0.167 e. The first-order chi connectivity index (χ1) is 8.52. The Bertz CT molecular complexity index is 439. The maximum absolute atomic E-state index is 13.4. The summed E-state index contributed by atoms with van der Waals surface area (Å²) >= 11 is 0. The molecule has 0 bridgehead atoms. The fourth-order valence-electron chi connectivity index (χ4n) is 1.99. The average molecular weight is 252 g/mol. The Kier molecular flexibility index (Phi) is 3.84. The summed E-state index contributed by atoms with van der Waals surface area (Å²) in [6, 6.07) is 4.21. The van der Waals surface area contributed by atoms with Gasteiger partial charge in [0.2, 0.25) is 0 Å². The molecule has 0 amide bonds. The van der Waals surface area contributed by atoms with E-state index in [1.54, 1.807) is 6.07 Å². The zero-order chi connectivity index (χ0) is 13.1. The van der Waals surface area contributed by atoms with E-state index in [2.05, 4.69) is 6.92 Å². The molecule has 0 aliphatic heterocycles. The summed E-state index contributed by atoms with van der Waals surface area (Å²) in [7, 11) is 0. The van der Waals surface area contributed by atoms with Gasteiger partial charge in [0.1, 0.15) is 23.9 Å². The molecular weight excluding hydrogens is 235 g/mol. The number of ether oxygens (including phenoxy) is 2. The zero-order valence-corrected chi connectivity index (χ0v) is 10.6. The zero-order valence-electron chi connectivity index (χ0n) is 10.6. The lowest BCUT2D eigenvalue weighted by atomic mass is 9.84. The Morgan fingerprint density at radius 3 is 2.61 bits per heavy atom. The fourth-order valence-corrected chi connectivity index (χ4v) is 1.99. The third-order valence-corrected chi connectivity index (χ3v) is 2.92. The Morgan fingerprint density at radius 2 is 2.00 bits per heavy atom. The normalized spacial score (nSPS) is 22.2. The summed E-state index contributed by atoms with van der Waals surface area (Å²) in [6.45, 7) is 3.53. The molecule has 1 aliphatic rings. The van der Waals surface area contributed by atoms with Crippen LogP contribution in [0.1, 0.15) is 26.7 Å². The first kappa shape index (κ1) is 12.9. The van der Waals surface area contributed by atoms with Gasteiger partial charge in [0, 0.05) is 18.2 Å². The summed E-state index contributed by atoms with van der Waals surface area (Å²) in [4.78, 5) is 10.8. The van der Waals surface area contributed by atoms with Crippen LogP contribution in [0.2, 0.25) is 0 Å². The van der Waals surface area contributed by atoms with Crippen molar-refractivity contribution in [2.45, 2.75) is 32.8 Å². The number of halogens is 1. The minimum Gasteiger partial charge on any atom is -0.490 e. The third-order valence-electron chi connectivity index (χ3n) is 2.92. The summed E-state index contributed by atoms with van der Waals surface area (Å²) in [5, 5.41) is 0. The summed E-state index contributed by atoms with van der Waals surface area (Å²) in [6.07, 6.45) is 2.17.